The minimum Gasteiger partial charge on any atom is -0.481 e. The molecule has 0 aliphatic carbocycles. The van der Waals surface area contributed by atoms with E-state index in [1.165, 1.54) is 12.2 Å². The second-order valence-corrected chi connectivity index (χ2v) is 12.6. The molecule has 4 aliphatic rings. The van der Waals surface area contributed by atoms with Gasteiger partial charge in [0.05, 0.1) is 48.8 Å². The second kappa shape index (κ2) is 16.6. The number of epoxide rings is 1. The number of aliphatic carboxylic acids is 1. The Morgan fingerprint density at radius 1 is 0.936 bits per heavy atom. The van der Waals surface area contributed by atoms with E-state index in [0.29, 0.717) is 6.42 Å². The number of carboxylic acid groups (broad SMARTS) is 1. The number of carboxylic acids is 1. The Bertz CT molecular complexity index is 1220. The number of carbonyl (C=O) groups is 2. The van der Waals surface area contributed by atoms with Crippen LogP contribution in [0.15, 0.2) is 60.8 Å². The molecule has 2 bridgehead atoms. The van der Waals surface area contributed by atoms with Crippen LogP contribution < -0.4 is 5.73 Å². The minimum absolute atomic E-state index is 0.0789. The highest BCUT2D eigenvalue weighted by molar-refractivity contribution is 5.82. The molecule has 0 spiro atoms. The number of hydrogen-bond donors (Lipinski definition) is 7. The first-order chi connectivity index (χ1) is 22.3. The van der Waals surface area contributed by atoms with Crippen LogP contribution in [0, 0.1) is 5.92 Å². The predicted molar refractivity (Wildman–Crippen MR) is 165 cm³/mol. The zero-order chi connectivity index (χ0) is 34.3. The predicted octanol–water partition coefficient (Wildman–Crippen LogP) is 0.120. The number of cyclic esters (lactones) is 1. The summed E-state index contributed by atoms with van der Waals surface area (Å²) in [4.78, 5) is 24.4. The molecule has 0 amide bonds. The topological polar surface area (TPSA) is 231 Å². The first kappa shape index (κ1) is 37.1. The molecular weight excluding hydrogens is 618 g/mol. The molecule has 3 fully saturated rings. The van der Waals surface area contributed by atoms with Gasteiger partial charge in [0.15, 0.2) is 12.1 Å². The third kappa shape index (κ3) is 10.6. The summed E-state index contributed by atoms with van der Waals surface area (Å²) in [5.41, 5.74) is 5.98. The Hall–Kier alpha value is -2.76. The summed E-state index contributed by atoms with van der Waals surface area (Å²) in [5.74, 6) is -5.45. The Morgan fingerprint density at radius 3 is 2.36 bits per heavy atom. The van der Waals surface area contributed by atoms with Crippen molar-refractivity contribution in [2.24, 2.45) is 11.7 Å². The SMILES string of the molecule is CC1C/C=C/C=C/C=C/C=C/C(OC2O[C@H](C)C(O)[C@H](N)[C@@H]2O)C[C@@H]2OC(O)(CC(O)CC3OC3/C=C/C(=O)O1)C[C@H](O)C2C(=O)O. The summed E-state index contributed by atoms with van der Waals surface area (Å²) in [7, 11) is 0. The molecule has 4 heterocycles. The van der Waals surface area contributed by atoms with Gasteiger partial charge in [0.1, 0.15) is 24.2 Å². The summed E-state index contributed by atoms with van der Waals surface area (Å²) < 4.78 is 28.5. The van der Waals surface area contributed by atoms with Gasteiger partial charge in [0.25, 0.3) is 0 Å². The number of fused-ring (bicyclic) bond motifs is 3. The summed E-state index contributed by atoms with van der Waals surface area (Å²) in [6, 6.07) is -1.08. The van der Waals surface area contributed by atoms with Gasteiger partial charge in [-0.1, -0.05) is 48.6 Å². The number of allylic oxidation sites excluding steroid dienone is 6. The van der Waals surface area contributed by atoms with Gasteiger partial charge in [-0.05, 0) is 19.9 Å². The van der Waals surface area contributed by atoms with Gasteiger partial charge in [0, 0.05) is 38.2 Å². The smallest absolute Gasteiger partial charge is 0.330 e. The fourth-order valence-corrected chi connectivity index (χ4v) is 6.00. The van der Waals surface area contributed by atoms with Gasteiger partial charge >= 0.3 is 11.9 Å². The molecule has 3 saturated heterocycles. The lowest BCUT2D eigenvalue weighted by atomic mass is 9.83. The van der Waals surface area contributed by atoms with Crippen LogP contribution in [-0.4, -0.2) is 122 Å². The minimum atomic E-state index is -2.10. The van der Waals surface area contributed by atoms with Gasteiger partial charge < -0.3 is 60.1 Å². The first-order valence-corrected chi connectivity index (χ1v) is 15.9. The fourth-order valence-electron chi connectivity index (χ4n) is 6.00. The first-order valence-electron chi connectivity index (χ1n) is 15.9. The van der Waals surface area contributed by atoms with Crippen LogP contribution in [0.5, 0.6) is 0 Å². The third-order valence-electron chi connectivity index (χ3n) is 8.58. The zero-order valence-electron chi connectivity index (χ0n) is 26.4. The molecule has 0 saturated carbocycles. The molecule has 14 atom stereocenters. The summed E-state index contributed by atoms with van der Waals surface area (Å²) in [5, 5.41) is 63.9. The molecule has 0 aromatic rings. The highest BCUT2D eigenvalue weighted by atomic mass is 16.7. The van der Waals surface area contributed by atoms with Crippen LogP contribution in [0.1, 0.15) is 46.0 Å². The number of aliphatic hydroxyl groups is 5. The van der Waals surface area contributed by atoms with Crippen LogP contribution in [-0.2, 0) is 33.3 Å². The number of esters is 1. The summed E-state index contributed by atoms with van der Waals surface area (Å²) in [6.07, 6.45) is 5.25. The van der Waals surface area contributed by atoms with E-state index in [1.807, 2.05) is 6.08 Å². The average Bonchev–Trinajstić information content (AvgIpc) is 3.72. The maximum atomic E-state index is 12.3. The normalized spacial score (nSPS) is 47.2. The molecule has 4 rings (SSSR count). The molecule has 14 heteroatoms. The Labute approximate surface area is 273 Å². The summed E-state index contributed by atoms with van der Waals surface area (Å²) in [6.45, 7) is 3.34. The van der Waals surface area contributed by atoms with E-state index in [0.717, 1.165) is 0 Å². The van der Waals surface area contributed by atoms with E-state index in [-0.39, 0.29) is 25.4 Å². The van der Waals surface area contributed by atoms with Crippen molar-refractivity contribution in [2.75, 3.05) is 0 Å². The van der Waals surface area contributed by atoms with Crippen LogP contribution in [0.3, 0.4) is 0 Å². The van der Waals surface area contributed by atoms with Gasteiger partial charge in [-0.3, -0.25) is 4.79 Å². The highest BCUT2D eigenvalue weighted by Gasteiger charge is 2.51. The van der Waals surface area contributed by atoms with Crippen molar-refractivity contribution in [3.8, 4) is 0 Å². The quantitative estimate of drug-likeness (QED) is 0.157. The third-order valence-corrected chi connectivity index (χ3v) is 8.58. The maximum absolute atomic E-state index is 12.3. The van der Waals surface area contributed by atoms with Crippen molar-refractivity contribution in [1.29, 1.82) is 0 Å². The van der Waals surface area contributed by atoms with Crippen LogP contribution in [0.4, 0.5) is 0 Å². The van der Waals surface area contributed by atoms with E-state index in [4.69, 9.17) is 29.4 Å². The van der Waals surface area contributed by atoms with Crippen molar-refractivity contribution in [1.82, 2.24) is 0 Å². The lowest BCUT2D eigenvalue weighted by Gasteiger charge is -2.45. The van der Waals surface area contributed by atoms with Crippen molar-refractivity contribution < 1.29 is 63.9 Å². The van der Waals surface area contributed by atoms with E-state index < -0.39 is 97.3 Å². The number of rotatable bonds is 3. The lowest BCUT2D eigenvalue weighted by molar-refractivity contribution is -0.308. The number of hydrogen-bond acceptors (Lipinski definition) is 13. The highest BCUT2D eigenvalue weighted by Crippen LogP contribution is 2.39. The Balaban J connectivity index is 1.58. The lowest BCUT2D eigenvalue weighted by Crippen LogP contribution is -2.61. The zero-order valence-corrected chi connectivity index (χ0v) is 26.4. The van der Waals surface area contributed by atoms with Crippen LogP contribution >= 0.6 is 0 Å². The Morgan fingerprint density at radius 2 is 1.64 bits per heavy atom. The maximum Gasteiger partial charge on any atom is 0.330 e. The van der Waals surface area contributed by atoms with E-state index >= 15 is 0 Å². The number of carbonyl (C=O) groups excluding carboxylic acids is 1. The van der Waals surface area contributed by atoms with Gasteiger partial charge in [-0.25, -0.2) is 4.79 Å². The standard InChI is InChI=1S/C33H47NO13/c1-18-10-8-6-4-3-5-7-9-11-21(45-32-30(39)28(34)29(38)19(2)44-32)15-25-27(31(40)41)22(36)17-33(42,47-25)16-20(35)14-24-23(46-24)12-13-26(37)43-18/h3-9,11-13,18-25,27-30,32,35-36,38-39,42H,10,14-17,34H2,1-2H3,(H,40,41)/b4-3+,7-5+,8-6+,11-9+,13-12+/t18?,19-,20?,21?,22+,23?,24?,25+,27?,28+,29?,30+,32?,33?/m1/s1. The molecule has 47 heavy (non-hydrogen) atoms. The van der Waals surface area contributed by atoms with Gasteiger partial charge in [-0.2, -0.15) is 0 Å². The molecule has 9 unspecified atom stereocenters. The molecule has 262 valence electrons. The molecule has 8 N–H and O–H groups in total. The largest absolute Gasteiger partial charge is 0.481 e. The molecule has 14 nitrogen and oxygen atoms in total. The molecular formula is C33H47NO13. The van der Waals surface area contributed by atoms with Gasteiger partial charge in [0.2, 0.25) is 0 Å². The van der Waals surface area contributed by atoms with Crippen molar-refractivity contribution in [3.05, 3.63) is 60.8 Å². The molecule has 0 radical (unpaired) electrons. The number of nitrogens with two attached hydrogens (primary N) is 1. The van der Waals surface area contributed by atoms with Crippen molar-refractivity contribution in [2.45, 2.75) is 125 Å². The molecule has 0 aromatic carbocycles. The number of aliphatic hydroxyl groups excluding tert-OH is 4. The molecule has 0 aromatic heterocycles. The van der Waals surface area contributed by atoms with E-state index in [2.05, 4.69) is 0 Å². The fraction of sp³-hybridized carbons (Fsp3) is 0.636. The summed E-state index contributed by atoms with van der Waals surface area (Å²) >= 11 is 0. The average molecular weight is 666 g/mol. The van der Waals surface area contributed by atoms with Crippen LogP contribution in [0.2, 0.25) is 0 Å². The Kier molecular flexibility index (Phi) is 13.1. The van der Waals surface area contributed by atoms with Gasteiger partial charge in [-0.15, -0.1) is 0 Å². The van der Waals surface area contributed by atoms with Crippen molar-refractivity contribution >= 4 is 11.9 Å². The van der Waals surface area contributed by atoms with E-state index in [1.54, 1.807) is 56.4 Å². The molecule has 4 aliphatic heterocycles. The monoisotopic (exact) mass is 665 g/mol. The second-order valence-electron chi connectivity index (χ2n) is 12.6. The number of ether oxygens (including phenoxy) is 5. The van der Waals surface area contributed by atoms with Crippen LogP contribution in [0.25, 0.3) is 0 Å². The van der Waals surface area contributed by atoms with E-state index in [9.17, 15) is 40.2 Å². The van der Waals surface area contributed by atoms with Crippen molar-refractivity contribution in [3.63, 3.8) is 0 Å².